The van der Waals surface area contributed by atoms with Gasteiger partial charge in [0.25, 0.3) is 0 Å². The van der Waals surface area contributed by atoms with Crippen LogP contribution in [0.15, 0.2) is 0 Å². The Morgan fingerprint density at radius 1 is 0.714 bits per heavy atom. The van der Waals surface area contributed by atoms with Crippen LogP contribution in [0.4, 0.5) is 0 Å². The van der Waals surface area contributed by atoms with Crippen LogP contribution in [0.5, 0.6) is 0 Å². The monoisotopic (exact) mass is 210 g/mol. The lowest BCUT2D eigenvalue weighted by Gasteiger charge is -1.61. The quantitative estimate of drug-likeness (QED) is 0.615. The molecule has 14 heavy (non-hydrogen) atoms. The average molecular weight is 210 g/mol. The molecule has 0 radical (unpaired) electrons. The third-order valence-corrected chi connectivity index (χ3v) is 0. The van der Waals surface area contributed by atoms with Crippen LogP contribution in [-0.4, -0.2) is 25.8 Å². The molecule has 0 aliphatic heterocycles. The van der Waals surface area contributed by atoms with Gasteiger partial charge in [0.2, 0.25) is 0 Å². The first-order chi connectivity index (χ1) is 4.88. The van der Waals surface area contributed by atoms with Crippen LogP contribution in [-0.2, 0) is 14.3 Å². The molecule has 0 saturated heterocycles. The number of ketones is 2. The molecule has 0 saturated carbocycles. The first-order valence-electron chi connectivity index (χ1n) is 3.22. The predicted molar refractivity (Wildman–Crippen MR) is 65.8 cm³/mol. The molecule has 3 heteroatoms. The van der Waals surface area contributed by atoms with Crippen molar-refractivity contribution in [2.45, 2.75) is 50.0 Å². The number of carbonyl (C=O) groups is 2. The summed E-state index contributed by atoms with van der Waals surface area (Å²) in [4.78, 5) is 18.9. The van der Waals surface area contributed by atoms with Crippen LogP contribution < -0.4 is 0 Å². The Balaban J connectivity index is -0.0000000156. The SMILES string of the molecule is C.C.C.CC(C)=O.CC(C)=O.COC. The minimum Gasteiger partial charge on any atom is -0.388 e. The van der Waals surface area contributed by atoms with Crippen LogP contribution in [0, 0.1) is 0 Å². The zero-order valence-electron chi connectivity index (χ0n) is 8.22. The summed E-state index contributed by atoms with van der Waals surface area (Å²) in [6, 6.07) is 0. The standard InChI is InChI=1S/2C3H6O.C2H6O.3CH4/c2*1-3(2)4;1-3-2;;;/h2*1-2H3;1-2H3;3*1H4. The van der Waals surface area contributed by atoms with Crippen LogP contribution in [0.3, 0.4) is 0 Å². The summed E-state index contributed by atoms with van der Waals surface area (Å²) in [5, 5.41) is 0. The van der Waals surface area contributed by atoms with Gasteiger partial charge in [-0.25, -0.2) is 0 Å². The molecular formula is C11H30O3. The third kappa shape index (κ3) is 2450. The van der Waals surface area contributed by atoms with Crippen molar-refractivity contribution in [1.82, 2.24) is 0 Å². The molecule has 0 N–H and O–H groups in total. The minimum atomic E-state index is 0. The number of ether oxygens (including phenoxy) is 1. The van der Waals surface area contributed by atoms with Crippen molar-refractivity contribution in [1.29, 1.82) is 0 Å². The Kier molecular flexibility index (Phi) is 107. The summed E-state index contributed by atoms with van der Waals surface area (Å²) >= 11 is 0. The van der Waals surface area contributed by atoms with Crippen molar-refractivity contribution in [3.63, 3.8) is 0 Å². The van der Waals surface area contributed by atoms with Crippen molar-refractivity contribution in [2.24, 2.45) is 0 Å². The highest BCUT2D eigenvalue weighted by Crippen LogP contribution is 1.50. The average Bonchev–Trinajstić information content (AvgIpc) is 1.60. The van der Waals surface area contributed by atoms with E-state index in [1.165, 1.54) is 27.7 Å². The van der Waals surface area contributed by atoms with E-state index in [9.17, 15) is 9.59 Å². The summed E-state index contributed by atoms with van der Waals surface area (Å²) in [6.07, 6.45) is 0. The zero-order valence-corrected chi connectivity index (χ0v) is 8.22. The van der Waals surface area contributed by atoms with Gasteiger partial charge in [-0.2, -0.15) is 0 Å². The summed E-state index contributed by atoms with van der Waals surface area (Å²) in [6.45, 7) is 6.11. The molecule has 0 unspecified atom stereocenters. The van der Waals surface area contributed by atoms with Gasteiger partial charge in [-0.05, 0) is 27.7 Å². The van der Waals surface area contributed by atoms with Gasteiger partial charge < -0.3 is 14.3 Å². The van der Waals surface area contributed by atoms with E-state index in [4.69, 9.17) is 0 Å². The van der Waals surface area contributed by atoms with E-state index in [0.717, 1.165) is 0 Å². The van der Waals surface area contributed by atoms with E-state index < -0.39 is 0 Å². The van der Waals surface area contributed by atoms with E-state index >= 15 is 0 Å². The molecule has 3 nitrogen and oxygen atoms in total. The lowest BCUT2D eigenvalue weighted by Crippen LogP contribution is -1.69. The van der Waals surface area contributed by atoms with Crippen molar-refractivity contribution >= 4 is 11.6 Å². The van der Waals surface area contributed by atoms with Gasteiger partial charge in [0, 0.05) is 14.2 Å². The lowest BCUT2D eigenvalue weighted by atomic mass is 10.6. The zero-order chi connectivity index (χ0) is 9.86. The highest BCUT2D eigenvalue weighted by molar-refractivity contribution is 5.72. The minimum absolute atomic E-state index is 0. The van der Waals surface area contributed by atoms with Gasteiger partial charge in [0.05, 0.1) is 0 Å². The Morgan fingerprint density at radius 2 is 0.714 bits per heavy atom. The van der Waals surface area contributed by atoms with Gasteiger partial charge >= 0.3 is 0 Å². The highest BCUT2D eigenvalue weighted by atomic mass is 16.4. The van der Waals surface area contributed by atoms with Gasteiger partial charge in [0.1, 0.15) is 11.6 Å². The number of carbonyl (C=O) groups excluding carboxylic acids is 2. The molecule has 0 bridgehead atoms. The molecule has 0 atom stereocenters. The number of rotatable bonds is 0. The van der Waals surface area contributed by atoms with E-state index in [-0.39, 0.29) is 33.8 Å². The van der Waals surface area contributed by atoms with Crippen LogP contribution >= 0.6 is 0 Å². The molecule has 0 aromatic carbocycles. The molecule has 0 aromatic heterocycles. The highest BCUT2D eigenvalue weighted by Gasteiger charge is 1.62. The summed E-state index contributed by atoms with van der Waals surface area (Å²) < 4.78 is 4.25. The molecule has 0 amide bonds. The van der Waals surface area contributed by atoms with Gasteiger partial charge in [-0.3, -0.25) is 0 Å². The van der Waals surface area contributed by atoms with Gasteiger partial charge in [-0.15, -0.1) is 0 Å². The van der Waals surface area contributed by atoms with Crippen LogP contribution in [0.1, 0.15) is 50.0 Å². The second-order valence-electron chi connectivity index (χ2n) is 2.22. The maximum absolute atomic E-state index is 9.44. The second-order valence-corrected chi connectivity index (χ2v) is 2.22. The fourth-order valence-electron chi connectivity index (χ4n) is 0. The van der Waals surface area contributed by atoms with E-state index in [1.807, 2.05) is 0 Å². The lowest BCUT2D eigenvalue weighted by molar-refractivity contribution is -0.115. The van der Waals surface area contributed by atoms with Crippen molar-refractivity contribution in [3.05, 3.63) is 0 Å². The molecule has 0 fully saturated rings. The van der Waals surface area contributed by atoms with Gasteiger partial charge in [-0.1, -0.05) is 22.3 Å². The Labute approximate surface area is 90.9 Å². The fourth-order valence-corrected chi connectivity index (χ4v) is 0. The molecule has 0 aromatic rings. The second kappa shape index (κ2) is 39.6. The number of methoxy groups -OCH3 is 1. The number of hydrogen-bond donors (Lipinski definition) is 0. The summed E-state index contributed by atoms with van der Waals surface area (Å²) in [7, 11) is 3.25. The van der Waals surface area contributed by atoms with E-state index in [0.29, 0.717) is 0 Å². The summed E-state index contributed by atoms with van der Waals surface area (Å²) in [5.41, 5.74) is 0. The van der Waals surface area contributed by atoms with Crippen LogP contribution in [0.2, 0.25) is 0 Å². The van der Waals surface area contributed by atoms with Crippen molar-refractivity contribution < 1.29 is 14.3 Å². The largest absolute Gasteiger partial charge is 0.388 e. The molecule has 92 valence electrons. The molecule has 0 aliphatic rings. The maximum atomic E-state index is 9.44. The third-order valence-electron chi connectivity index (χ3n) is 0. The molecule has 0 spiro atoms. The first-order valence-corrected chi connectivity index (χ1v) is 3.22. The topological polar surface area (TPSA) is 43.4 Å². The molecule has 0 rings (SSSR count). The normalized spacial score (nSPS) is 5.00. The molecule has 0 heterocycles. The van der Waals surface area contributed by atoms with Crippen molar-refractivity contribution in [3.8, 4) is 0 Å². The maximum Gasteiger partial charge on any atom is 0.126 e. The Hall–Kier alpha value is -0.700. The Bertz CT molecular complexity index is 78.7. The van der Waals surface area contributed by atoms with E-state index in [2.05, 4.69) is 4.74 Å². The predicted octanol–water partition coefficient (Wildman–Crippen LogP) is 3.36. The number of Topliss-reactive ketones (excluding diaryl/α,β-unsaturated/α-hetero) is 2. The van der Waals surface area contributed by atoms with E-state index in [1.54, 1.807) is 14.2 Å². The number of hydrogen-bond acceptors (Lipinski definition) is 3. The summed E-state index contributed by atoms with van der Waals surface area (Å²) in [5.74, 6) is 0.333. The fraction of sp³-hybridized carbons (Fsp3) is 0.818. The van der Waals surface area contributed by atoms with Gasteiger partial charge in [0.15, 0.2) is 0 Å². The smallest absolute Gasteiger partial charge is 0.126 e. The first kappa shape index (κ1) is 37.8. The molecule has 0 aliphatic carbocycles. The van der Waals surface area contributed by atoms with Crippen LogP contribution in [0.25, 0.3) is 0 Å². The van der Waals surface area contributed by atoms with Crippen molar-refractivity contribution in [2.75, 3.05) is 14.2 Å². The Morgan fingerprint density at radius 3 is 0.714 bits per heavy atom. The molecular weight excluding hydrogens is 180 g/mol.